The Kier molecular flexibility index (Phi) is 4.14. The first-order valence-electron chi connectivity index (χ1n) is 7.77. The number of aromatic amines is 1. The number of aromatic nitrogens is 2. The average molecular weight is 313 g/mol. The van der Waals surface area contributed by atoms with Crippen molar-refractivity contribution >= 4 is 17.6 Å². The van der Waals surface area contributed by atoms with Crippen LogP contribution in [-0.2, 0) is 11.2 Å². The minimum atomic E-state index is -0.742. The summed E-state index contributed by atoms with van der Waals surface area (Å²) in [5.74, 6) is -1.17. The number of carbonyl (C=O) groups is 2. The SMILES string of the molecule is CCCc1cc(C(=O)Nc2ccc([C@@H]3C[C@H]3C(=O)O)cc2)n[nH]1. The molecule has 1 amide bonds. The first kappa shape index (κ1) is 15.3. The molecule has 1 fully saturated rings. The molecule has 6 nitrogen and oxygen atoms in total. The van der Waals surface area contributed by atoms with Crippen molar-refractivity contribution in [2.45, 2.75) is 32.1 Å². The summed E-state index contributed by atoms with van der Waals surface area (Å²) in [5.41, 5.74) is 2.99. The number of benzene rings is 1. The van der Waals surface area contributed by atoms with Gasteiger partial charge in [-0.1, -0.05) is 25.5 Å². The number of H-pyrrole nitrogens is 1. The van der Waals surface area contributed by atoms with Crippen LogP contribution in [0.2, 0.25) is 0 Å². The summed E-state index contributed by atoms with van der Waals surface area (Å²) in [4.78, 5) is 23.0. The Bertz CT molecular complexity index is 721. The number of nitrogens with zero attached hydrogens (tertiary/aromatic N) is 1. The van der Waals surface area contributed by atoms with Crippen molar-refractivity contribution in [2.24, 2.45) is 5.92 Å². The van der Waals surface area contributed by atoms with Crippen LogP contribution in [0.25, 0.3) is 0 Å². The maximum atomic E-state index is 12.1. The Hall–Kier alpha value is -2.63. The van der Waals surface area contributed by atoms with E-state index in [1.165, 1.54) is 0 Å². The summed E-state index contributed by atoms with van der Waals surface area (Å²) in [6.45, 7) is 2.07. The predicted octanol–water partition coefficient (Wildman–Crippen LogP) is 2.80. The number of hydrogen-bond donors (Lipinski definition) is 3. The Balaban J connectivity index is 1.61. The molecule has 1 aliphatic rings. The smallest absolute Gasteiger partial charge is 0.307 e. The summed E-state index contributed by atoms with van der Waals surface area (Å²) in [5, 5.41) is 18.6. The first-order valence-corrected chi connectivity index (χ1v) is 7.77. The molecule has 1 saturated carbocycles. The number of hydrogen-bond acceptors (Lipinski definition) is 3. The molecule has 1 aromatic carbocycles. The van der Waals surface area contributed by atoms with E-state index in [-0.39, 0.29) is 17.7 Å². The van der Waals surface area contributed by atoms with Crippen molar-refractivity contribution in [1.82, 2.24) is 10.2 Å². The highest BCUT2D eigenvalue weighted by molar-refractivity contribution is 6.02. The zero-order valence-electron chi connectivity index (χ0n) is 12.9. The van der Waals surface area contributed by atoms with Crippen molar-refractivity contribution in [2.75, 3.05) is 5.32 Å². The lowest BCUT2D eigenvalue weighted by Crippen LogP contribution is -2.12. The lowest BCUT2D eigenvalue weighted by atomic mass is 10.1. The average Bonchev–Trinajstić information content (AvgIpc) is 3.21. The van der Waals surface area contributed by atoms with Gasteiger partial charge in [-0.05, 0) is 42.5 Å². The standard InChI is InChI=1S/C17H19N3O3/c1-2-3-12-8-15(20-19-12)16(21)18-11-6-4-10(5-7-11)13-9-14(13)17(22)23/h4-8,13-14H,2-3,9H2,1H3,(H,18,21)(H,19,20)(H,22,23)/t13-,14+/m0/s1. The molecular weight excluding hydrogens is 294 g/mol. The van der Waals surface area contributed by atoms with Crippen molar-refractivity contribution in [1.29, 1.82) is 0 Å². The number of carboxylic acids is 1. The number of carbonyl (C=O) groups excluding carboxylic acids is 1. The zero-order valence-corrected chi connectivity index (χ0v) is 12.9. The molecule has 2 atom stereocenters. The summed E-state index contributed by atoms with van der Waals surface area (Å²) >= 11 is 0. The van der Waals surface area contributed by atoms with Crippen molar-refractivity contribution in [3.8, 4) is 0 Å². The number of aryl methyl sites for hydroxylation is 1. The van der Waals surface area contributed by atoms with Gasteiger partial charge in [0.25, 0.3) is 5.91 Å². The Morgan fingerprint density at radius 2 is 2.09 bits per heavy atom. The van der Waals surface area contributed by atoms with Gasteiger partial charge >= 0.3 is 5.97 Å². The van der Waals surface area contributed by atoms with Gasteiger partial charge in [-0.25, -0.2) is 0 Å². The first-order chi connectivity index (χ1) is 11.1. The minimum absolute atomic E-state index is 0.0974. The van der Waals surface area contributed by atoms with Crippen LogP contribution in [0.4, 0.5) is 5.69 Å². The number of carboxylic acid groups (broad SMARTS) is 1. The fraction of sp³-hybridized carbons (Fsp3) is 0.353. The summed E-state index contributed by atoms with van der Waals surface area (Å²) in [6.07, 6.45) is 2.54. The molecule has 0 bridgehead atoms. The van der Waals surface area contributed by atoms with Crippen molar-refractivity contribution < 1.29 is 14.7 Å². The molecule has 1 aromatic heterocycles. The van der Waals surface area contributed by atoms with Crippen LogP contribution in [0.5, 0.6) is 0 Å². The van der Waals surface area contributed by atoms with Gasteiger partial charge in [0.05, 0.1) is 5.92 Å². The van der Waals surface area contributed by atoms with Crippen LogP contribution in [0.3, 0.4) is 0 Å². The number of nitrogens with one attached hydrogen (secondary N) is 2. The summed E-state index contributed by atoms with van der Waals surface area (Å²) in [6, 6.07) is 9.09. The quantitative estimate of drug-likeness (QED) is 0.764. The third kappa shape index (κ3) is 3.41. The second-order valence-electron chi connectivity index (χ2n) is 5.89. The molecule has 23 heavy (non-hydrogen) atoms. The monoisotopic (exact) mass is 313 g/mol. The highest BCUT2D eigenvalue weighted by Gasteiger charge is 2.43. The fourth-order valence-corrected chi connectivity index (χ4v) is 2.72. The maximum absolute atomic E-state index is 12.1. The molecule has 1 aliphatic carbocycles. The van der Waals surface area contributed by atoms with Gasteiger partial charge in [0.15, 0.2) is 5.69 Å². The van der Waals surface area contributed by atoms with Crippen LogP contribution in [-0.4, -0.2) is 27.2 Å². The predicted molar refractivity (Wildman–Crippen MR) is 85.5 cm³/mol. The lowest BCUT2D eigenvalue weighted by molar-refractivity contribution is -0.138. The van der Waals surface area contributed by atoms with Gasteiger partial charge in [-0.2, -0.15) is 5.10 Å². The van der Waals surface area contributed by atoms with Gasteiger partial charge in [0.1, 0.15) is 0 Å². The number of amides is 1. The van der Waals surface area contributed by atoms with E-state index in [0.29, 0.717) is 17.8 Å². The molecule has 3 rings (SSSR count). The van der Waals surface area contributed by atoms with E-state index in [4.69, 9.17) is 5.11 Å². The topological polar surface area (TPSA) is 95.1 Å². The highest BCUT2D eigenvalue weighted by Crippen LogP contribution is 2.47. The Morgan fingerprint density at radius 1 is 1.35 bits per heavy atom. The van der Waals surface area contributed by atoms with Crippen LogP contribution in [0.15, 0.2) is 30.3 Å². The van der Waals surface area contributed by atoms with Gasteiger partial charge in [0, 0.05) is 11.4 Å². The summed E-state index contributed by atoms with van der Waals surface area (Å²) in [7, 11) is 0. The maximum Gasteiger partial charge on any atom is 0.307 e. The van der Waals surface area contributed by atoms with Crippen LogP contribution in [0, 0.1) is 5.92 Å². The van der Waals surface area contributed by atoms with Crippen LogP contribution >= 0.6 is 0 Å². The normalized spacial score (nSPS) is 19.3. The zero-order chi connectivity index (χ0) is 16.4. The number of aliphatic carboxylic acids is 1. The van der Waals surface area contributed by atoms with E-state index < -0.39 is 5.97 Å². The van der Waals surface area contributed by atoms with Gasteiger partial charge < -0.3 is 10.4 Å². The van der Waals surface area contributed by atoms with E-state index in [0.717, 1.165) is 24.1 Å². The molecule has 0 unspecified atom stereocenters. The molecule has 1 heterocycles. The molecular formula is C17H19N3O3. The van der Waals surface area contributed by atoms with E-state index in [9.17, 15) is 9.59 Å². The van der Waals surface area contributed by atoms with Crippen molar-refractivity contribution in [3.63, 3.8) is 0 Å². The van der Waals surface area contributed by atoms with Gasteiger partial charge in [-0.3, -0.25) is 14.7 Å². The Labute approximate surface area is 133 Å². The molecule has 0 aliphatic heterocycles. The largest absolute Gasteiger partial charge is 0.481 e. The number of rotatable bonds is 6. The van der Waals surface area contributed by atoms with E-state index in [2.05, 4.69) is 22.4 Å². The number of anilines is 1. The van der Waals surface area contributed by atoms with Gasteiger partial charge in [0.2, 0.25) is 0 Å². The molecule has 0 spiro atoms. The van der Waals surface area contributed by atoms with Crippen LogP contribution < -0.4 is 5.32 Å². The minimum Gasteiger partial charge on any atom is -0.481 e. The molecule has 120 valence electrons. The molecule has 6 heteroatoms. The van der Waals surface area contributed by atoms with Crippen LogP contribution in [0.1, 0.15) is 47.4 Å². The fourth-order valence-electron chi connectivity index (χ4n) is 2.72. The third-order valence-electron chi connectivity index (χ3n) is 4.09. The molecule has 0 radical (unpaired) electrons. The summed E-state index contributed by atoms with van der Waals surface area (Å²) < 4.78 is 0. The molecule has 3 N–H and O–H groups in total. The lowest BCUT2D eigenvalue weighted by Gasteiger charge is -2.04. The van der Waals surface area contributed by atoms with E-state index in [1.807, 2.05) is 12.1 Å². The second kappa shape index (κ2) is 6.24. The van der Waals surface area contributed by atoms with Crippen molar-refractivity contribution in [3.05, 3.63) is 47.3 Å². The second-order valence-corrected chi connectivity index (χ2v) is 5.89. The van der Waals surface area contributed by atoms with E-state index in [1.54, 1.807) is 18.2 Å². The third-order valence-corrected chi connectivity index (χ3v) is 4.09. The highest BCUT2D eigenvalue weighted by atomic mass is 16.4. The van der Waals surface area contributed by atoms with Gasteiger partial charge in [-0.15, -0.1) is 0 Å². The molecule has 2 aromatic rings. The Morgan fingerprint density at radius 3 is 2.70 bits per heavy atom. The molecule has 0 saturated heterocycles. The van der Waals surface area contributed by atoms with E-state index >= 15 is 0 Å².